The van der Waals surface area contributed by atoms with Gasteiger partial charge in [-0.15, -0.1) is 0 Å². The molecule has 1 heterocycles. The predicted octanol–water partition coefficient (Wildman–Crippen LogP) is 7.50. The first-order chi connectivity index (χ1) is 20.6. The van der Waals surface area contributed by atoms with Crippen molar-refractivity contribution in [2.75, 3.05) is 24.2 Å². The number of alkyl halides is 3. The van der Waals surface area contributed by atoms with Crippen molar-refractivity contribution in [2.24, 2.45) is 0 Å². The summed E-state index contributed by atoms with van der Waals surface area (Å²) >= 11 is 4.30. The molecule has 4 rings (SSSR count). The highest BCUT2D eigenvalue weighted by Crippen LogP contribution is 2.34. The summed E-state index contributed by atoms with van der Waals surface area (Å²) < 4.78 is 68.1. The molecule has 0 aromatic heterocycles. The van der Waals surface area contributed by atoms with Crippen LogP contribution < -0.4 is 16.0 Å². The van der Waals surface area contributed by atoms with Crippen molar-refractivity contribution in [1.29, 1.82) is 0 Å². The first kappa shape index (κ1) is 33.0. The number of carbonyl (C=O) groups is 1. The minimum Gasteiger partial charge on any atom is -0.326 e. The molecule has 3 N–H and O–H groups in total. The van der Waals surface area contributed by atoms with Crippen LogP contribution in [0.25, 0.3) is 0 Å². The van der Waals surface area contributed by atoms with Gasteiger partial charge in [0.2, 0.25) is 5.91 Å². The summed E-state index contributed by atoms with van der Waals surface area (Å²) in [5, 5.41) is 10.0. The Morgan fingerprint density at radius 2 is 1.49 bits per heavy atom. The average molecular weight is 620 g/mol. The van der Waals surface area contributed by atoms with Gasteiger partial charge in [-0.25, -0.2) is 8.78 Å². The molecule has 3 atom stereocenters. The van der Waals surface area contributed by atoms with Gasteiger partial charge in [-0.2, -0.15) is 25.8 Å². The van der Waals surface area contributed by atoms with Crippen molar-refractivity contribution in [3.63, 3.8) is 0 Å². The molecule has 3 aromatic rings. The Morgan fingerprint density at radius 1 is 0.884 bits per heavy atom. The largest absolute Gasteiger partial charge is 0.416 e. The normalized spacial score (nSPS) is 18.5. The van der Waals surface area contributed by atoms with E-state index in [1.54, 1.807) is 6.07 Å². The highest BCUT2D eigenvalue weighted by Gasteiger charge is 2.30. The Morgan fingerprint density at radius 3 is 2.09 bits per heavy atom. The molecule has 1 fully saturated rings. The maximum atomic E-state index is 15.0. The van der Waals surface area contributed by atoms with Gasteiger partial charge < -0.3 is 16.0 Å². The molecule has 43 heavy (non-hydrogen) atoms. The van der Waals surface area contributed by atoms with Crippen molar-refractivity contribution in [3.8, 4) is 0 Å². The minimum atomic E-state index is -4.49. The summed E-state index contributed by atoms with van der Waals surface area (Å²) in [5.41, 5.74) is 1.03. The van der Waals surface area contributed by atoms with Gasteiger partial charge in [0.15, 0.2) is 0 Å². The van der Waals surface area contributed by atoms with Crippen LogP contribution in [0.3, 0.4) is 0 Å². The van der Waals surface area contributed by atoms with Gasteiger partial charge in [0.1, 0.15) is 11.6 Å². The highest BCUT2D eigenvalue weighted by molar-refractivity contribution is 7.80. The van der Waals surface area contributed by atoms with E-state index in [4.69, 9.17) is 0 Å². The van der Waals surface area contributed by atoms with Crippen LogP contribution in [0.15, 0.2) is 66.7 Å². The van der Waals surface area contributed by atoms with Crippen LogP contribution in [0.1, 0.15) is 66.7 Å². The minimum absolute atomic E-state index is 0.128. The third-order valence-corrected chi connectivity index (χ3v) is 8.32. The number of anilines is 1. The zero-order valence-corrected chi connectivity index (χ0v) is 24.8. The van der Waals surface area contributed by atoms with E-state index < -0.39 is 35.2 Å². The molecule has 1 aliphatic heterocycles. The Bertz CT molecular complexity index is 1310. The second-order valence-corrected chi connectivity index (χ2v) is 11.5. The van der Waals surface area contributed by atoms with E-state index in [0.29, 0.717) is 41.3 Å². The highest BCUT2D eigenvalue weighted by atomic mass is 32.1. The fourth-order valence-electron chi connectivity index (χ4n) is 5.62. The summed E-state index contributed by atoms with van der Waals surface area (Å²) in [5.74, 6) is -1.07. The number of benzene rings is 3. The molecule has 3 aromatic carbocycles. The fourth-order valence-corrected chi connectivity index (χ4v) is 5.80. The summed E-state index contributed by atoms with van der Waals surface area (Å²) in [6.07, 6.45) is 0.568. The van der Waals surface area contributed by atoms with Crippen molar-refractivity contribution < 1.29 is 26.7 Å². The number of carbonyl (C=O) groups excluding carboxylic acids is 1. The van der Waals surface area contributed by atoms with E-state index in [-0.39, 0.29) is 12.5 Å². The lowest BCUT2D eigenvalue weighted by Crippen LogP contribution is -2.42. The van der Waals surface area contributed by atoms with E-state index in [9.17, 15) is 22.4 Å². The van der Waals surface area contributed by atoms with Crippen LogP contribution in [0.5, 0.6) is 0 Å². The third kappa shape index (κ3) is 9.78. The predicted molar refractivity (Wildman–Crippen MR) is 164 cm³/mol. The van der Waals surface area contributed by atoms with Gasteiger partial charge in [-0.1, -0.05) is 30.3 Å². The quantitative estimate of drug-likeness (QED) is 0.133. The molecule has 0 spiro atoms. The van der Waals surface area contributed by atoms with Crippen molar-refractivity contribution >= 4 is 24.2 Å². The lowest BCUT2D eigenvalue weighted by Gasteiger charge is -2.27. The summed E-state index contributed by atoms with van der Waals surface area (Å²) in [6.45, 7) is 1.73. The van der Waals surface area contributed by atoms with E-state index in [0.717, 1.165) is 56.7 Å². The molecule has 0 aliphatic carbocycles. The zero-order chi connectivity index (χ0) is 30.8. The number of halogens is 5. The van der Waals surface area contributed by atoms with Crippen LogP contribution in [0, 0.1) is 11.6 Å². The topological polar surface area (TPSA) is 53.2 Å². The van der Waals surface area contributed by atoms with E-state index in [1.807, 2.05) is 0 Å². The molecular formula is C33H38F5N3OS. The molecule has 0 saturated carbocycles. The van der Waals surface area contributed by atoms with Crippen LogP contribution in [-0.2, 0) is 17.4 Å². The smallest absolute Gasteiger partial charge is 0.326 e. The fraction of sp³-hybridized carbons (Fsp3) is 0.424. The molecule has 0 radical (unpaired) electrons. The first-order valence-corrected chi connectivity index (χ1v) is 15.3. The molecular weight excluding hydrogens is 581 g/mol. The molecule has 232 valence electrons. The van der Waals surface area contributed by atoms with Crippen molar-refractivity contribution in [3.05, 3.63) is 101 Å². The number of hydrogen-bond acceptors (Lipinski definition) is 4. The van der Waals surface area contributed by atoms with Crippen LogP contribution in [0.2, 0.25) is 0 Å². The van der Waals surface area contributed by atoms with Gasteiger partial charge in [0.05, 0.1) is 5.56 Å². The summed E-state index contributed by atoms with van der Waals surface area (Å²) in [6, 6.07) is 15.3. The molecule has 4 nitrogen and oxygen atoms in total. The molecule has 1 saturated heterocycles. The van der Waals surface area contributed by atoms with Crippen LogP contribution in [0.4, 0.5) is 27.6 Å². The lowest BCUT2D eigenvalue weighted by atomic mass is 9.87. The van der Waals surface area contributed by atoms with Crippen LogP contribution in [-0.4, -0.2) is 36.8 Å². The number of thiol groups is 1. The second-order valence-electron chi connectivity index (χ2n) is 11.0. The van der Waals surface area contributed by atoms with Gasteiger partial charge in [-0.05, 0) is 105 Å². The second kappa shape index (κ2) is 15.7. The van der Waals surface area contributed by atoms with Crippen LogP contribution >= 0.6 is 12.6 Å². The lowest BCUT2D eigenvalue weighted by molar-refractivity contribution is -0.137. The maximum Gasteiger partial charge on any atom is 0.416 e. The van der Waals surface area contributed by atoms with E-state index >= 15 is 4.39 Å². The van der Waals surface area contributed by atoms with Crippen molar-refractivity contribution in [2.45, 2.75) is 69.1 Å². The maximum absolute atomic E-state index is 15.0. The molecule has 0 bridgehead atoms. The monoisotopic (exact) mass is 619 g/mol. The Balaban J connectivity index is 1.44. The Kier molecular flexibility index (Phi) is 12.0. The van der Waals surface area contributed by atoms with Crippen molar-refractivity contribution in [1.82, 2.24) is 10.6 Å². The molecule has 2 unspecified atom stereocenters. The first-order valence-electron chi connectivity index (χ1n) is 14.7. The van der Waals surface area contributed by atoms with Gasteiger partial charge in [-0.3, -0.25) is 4.79 Å². The zero-order valence-electron chi connectivity index (χ0n) is 23.9. The number of nitrogens with one attached hydrogen (secondary N) is 3. The summed E-state index contributed by atoms with van der Waals surface area (Å²) in [7, 11) is 0. The molecule has 1 aliphatic rings. The van der Waals surface area contributed by atoms with E-state index in [1.165, 1.54) is 48.5 Å². The number of rotatable bonds is 11. The molecule has 10 heteroatoms. The Hall–Kier alpha value is -2.95. The SMILES string of the molecule is O=C(C[C@@H](c1ccc(F)cc1)c1ccc(C(F)(F)F)cc1)Nc1cccc(F)c1CCC1CCNC(CCCS)CCN1. The van der Waals surface area contributed by atoms with E-state index in [2.05, 4.69) is 28.6 Å². The Labute approximate surface area is 255 Å². The van der Waals surface area contributed by atoms with Gasteiger partial charge in [0.25, 0.3) is 0 Å². The average Bonchev–Trinajstić information content (AvgIpc) is 2.96. The third-order valence-electron chi connectivity index (χ3n) is 8.00. The van der Waals surface area contributed by atoms with Gasteiger partial charge in [0, 0.05) is 35.7 Å². The standard InChI is InChI=1S/C33H38F5N3OS/c34-25-12-8-23(9-13-25)29(22-6-10-24(11-7-22)33(36,37)38)21-32(42)41-31-5-1-4-30(35)28(31)15-14-27-17-19-39-26(3-2-20-43)16-18-40-27/h1,4-13,26-27,29,39-40,43H,2-3,14-21H2,(H,41,42)/t26?,27?,29-/m1/s1. The molecule has 1 amide bonds. The number of amides is 1. The summed E-state index contributed by atoms with van der Waals surface area (Å²) in [4.78, 5) is 13.3. The number of hydrogen-bond donors (Lipinski definition) is 4. The van der Waals surface area contributed by atoms with Gasteiger partial charge >= 0.3 is 6.18 Å².